The number of pyridine rings is 1. The van der Waals surface area contributed by atoms with Crippen LogP contribution in [-0.4, -0.2) is 57.4 Å². The summed E-state index contributed by atoms with van der Waals surface area (Å²) in [6.45, 7) is 1.51. The van der Waals surface area contributed by atoms with E-state index < -0.39 is 46.3 Å². The Morgan fingerprint density at radius 3 is 2.47 bits per heavy atom. The summed E-state index contributed by atoms with van der Waals surface area (Å²) in [5.41, 5.74) is 1.04. The van der Waals surface area contributed by atoms with Gasteiger partial charge in [0.2, 0.25) is 10.0 Å². The molecule has 0 radical (unpaired) electrons. The van der Waals surface area contributed by atoms with Crippen LogP contribution in [0.25, 0.3) is 0 Å². The summed E-state index contributed by atoms with van der Waals surface area (Å²) in [6.07, 6.45) is 5.04. The van der Waals surface area contributed by atoms with Crippen LogP contribution in [0.3, 0.4) is 0 Å². The van der Waals surface area contributed by atoms with Gasteiger partial charge in [-0.25, -0.2) is 17.2 Å². The zero-order valence-electron chi connectivity index (χ0n) is 21.2. The number of nitrogens with one attached hydrogen (secondary N) is 2. The van der Waals surface area contributed by atoms with E-state index >= 15 is 0 Å². The lowest BCUT2D eigenvalue weighted by Crippen LogP contribution is -2.41. The number of amides is 1. The molecule has 2 N–H and O–H groups in total. The Kier molecular flexibility index (Phi) is 6.97. The number of anilines is 3. The number of hydrogen-bond acceptors (Lipinski definition) is 6. The van der Waals surface area contributed by atoms with Gasteiger partial charge in [-0.15, -0.1) is 0 Å². The summed E-state index contributed by atoms with van der Waals surface area (Å²) in [7, 11) is -2.23. The highest BCUT2D eigenvalue weighted by molar-refractivity contribution is 7.92. The number of sulfonamides is 1. The summed E-state index contributed by atoms with van der Waals surface area (Å²) in [5, 5.41) is 2.65. The molecule has 1 saturated heterocycles. The molecule has 2 saturated carbocycles. The fourth-order valence-electron chi connectivity index (χ4n) is 5.28. The molecule has 3 aliphatic rings. The van der Waals surface area contributed by atoms with Gasteiger partial charge in [-0.05, 0) is 61.4 Å². The first-order valence-electron chi connectivity index (χ1n) is 12.8. The smallest absolute Gasteiger partial charge is 0.274 e. The zero-order valence-corrected chi connectivity index (χ0v) is 22.0. The van der Waals surface area contributed by atoms with Crippen molar-refractivity contribution in [2.24, 2.45) is 5.41 Å². The molecule has 3 fully saturated rings. The van der Waals surface area contributed by atoms with Crippen molar-refractivity contribution in [1.29, 1.82) is 0 Å². The SMILES string of the molecule is COCCS(=O)(=O)Nc1ccc(C(=O)Nc2cccn(C3CC(F)(F)C3)c2=O)c(N2CCC3(CC2)CC3)c1. The number of carbonyl (C=O) groups excluding carboxylic acids is 1. The minimum absolute atomic E-state index is 0.00131. The Morgan fingerprint density at radius 2 is 1.84 bits per heavy atom. The number of alkyl halides is 2. The maximum atomic E-state index is 13.4. The maximum absolute atomic E-state index is 13.4. The van der Waals surface area contributed by atoms with Crippen molar-refractivity contribution in [3.63, 3.8) is 0 Å². The molecule has 2 heterocycles. The van der Waals surface area contributed by atoms with Crippen molar-refractivity contribution in [2.45, 2.75) is 50.5 Å². The second kappa shape index (κ2) is 9.96. The molecule has 1 aliphatic heterocycles. The molecule has 206 valence electrons. The fourth-order valence-corrected chi connectivity index (χ4v) is 6.25. The molecule has 0 unspecified atom stereocenters. The third-order valence-corrected chi connectivity index (χ3v) is 9.13. The molecule has 0 bridgehead atoms. The van der Waals surface area contributed by atoms with Gasteiger partial charge < -0.3 is 19.5 Å². The average Bonchev–Trinajstić information content (AvgIpc) is 3.61. The first-order chi connectivity index (χ1) is 18.0. The van der Waals surface area contributed by atoms with Gasteiger partial charge in [-0.2, -0.15) is 0 Å². The average molecular weight is 551 g/mol. The number of ether oxygens (including phenoxy) is 1. The number of hydrogen-bond donors (Lipinski definition) is 2. The Hall–Kier alpha value is -2.99. The third-order valence-electron chi connectivity index (χ3n) is 7.88. The van der Waals surface area contributed by atoms with Crippen LogP contribution in [0.5, 0.6) is 0 Å². The lowest BCUT2D eigenvalue weighted by molar-refractivity contribution is -0.104. The van der Waals surface area contributed by atoms with Gasteiger partial charge in [0.05, 0.1) is 29.3 Å². The van der Waals surface area contributed by atoms with Crippen LogP contribution >= 0.6 is 0 Å². The Morgan fingerprint density at radius 1 is 1.13 bits per heavy atom. The molecular formula is C26H32F2N4O5S. The van der Waals surface area contributed by atoms with Crippen LogP contribution < -0.4 is 20.5 Å². The van der Waals surface area contributed by atoms with Crippen molar-refractivity contribution >= 4 is 33.0 Å². The number of nitrogens with zero attached hydrogens (tertiary/aromatic N) is 2. The van der Waals surface area contributed by atoms with Crippen molar-refractivity contribution in [2.75, 3.05) is 47.5 Å². The van der Waals surface area contributed by atoms with Crippen LogP contribution in [-0.2, 0) is 14.8 Å². The van der Waals surface area contributed by atoms with E-state index in [1.54, 1.807) is 12.1 Å². The van der Waals surface area contributed by atoms with Gasteiger partial charge >= 0.3 is 0 Å². The van der Waals surface area contributed by atoms with E-state index in [1.807, 2.05) is 0 Å². The number of aromatic nitrogens is 1. The van der Waals surface area contributed by atoms with E-state index in [2.05, 4.69) is 14.9 Å². The Balaban J connectivity index is 1.40. The van der Waals surface area contributed by atoms with Crippen molar-refractivity contribution < 1.29 is 26.7 Å². The minimum atomic E-state index is -3.65. The summed E-state index contributed by atoms with van der Waals surface area (Å²) >= 11 is 0. The lowest BCUT2D eigenvalue weighted by Gasteiger charge is -2.36. The van der Waals surface area contributed by atoms with Gasteiger partial charge in [0, 0.05) is 45.3 Å². The minimum Gasteiger partial charge on any atom is -0.384 e. The number of rotatable bonds is 9. The van der Waals surface area contributed by atoms with Gasteiger partial charge in [0.1, 0.15) is 5.69 Å². The molecule has 0 atom stereocenters. The van der Waals surface area contributed by atoms with E-state index in [0.29, 0.717) is 22.4 Å². The van der Waals surface area contributed by atoms with Crippen molar-refractivity contribution in [3.8, 4) is 0 Å². The Bertz CT molecular complexity index is 1370. The monoisotopic (exact) mass is 550 g/mol. The molecule has 1 amide bonds. The zero-order chi connectivity index (χ0) is 27.1. The van der Waals surface area contributed by atoms with Gasteiger partial charge in [-0.3, -0.25) is 14.3 Å². The molecule has 1 spiro atoms. The highest BCUT2D eigenvalue weighted by Crippen LogP contribution is 2.54. The fraction of sp³-hybridized carbons (Fsp3) is 0.538. The number of methoxy groups -OCH3 is 1. The topological polar surface area (TPSA) is 110 Å². The first-order valence-corrected chi connectivity index (χ1v) is 14.4. The molecule has 9 nitrogen and oxygen atoms in total. The van der Waals surface area contributed by atoms with Crippen LogP contribution in [0, 0.1) is 5.41 Å². The van der Waals surface area contributed by atoms with Crippen LogP contribution in [0.1, 0.15) is 54.9 Å². The van der Waals surface area contributed by atoms with E-state index in [4.69, 9.17) is 4.74 Å². The molecule has 12 heteroatoms. The van der Waals surface area contributed by atoms with Gasteiger partial charge in [0.15, 0.2) is 0 Å². The molecule has 2 aromatic rings. The van der Waals surface area contributed by atoms with Crippen molar-refractivity contribution in [3.05, 3.63) is 52.4 Å². The first kappa shape index (κ1) is 26.6. The second-order valence-corrected chi connectivity index (χ2v) is 12.5. The van der Waals surface area contributed by atoms with Gasteiger partial charge in [0.25, 0.3) is 17.4 Å². The second-order valence-electron chi connectivity index (χ2n) is 10.6. The van der Waals surface area contributed by atoms with Crippen LogP contribution in [0.2, 0.25) is 0 Å². The molecule has 2 aliphatic carbocycles. The van der Waals surface area contributed by atoms with E-state index in [1.165, 1.54) is 48.9 Å². The summed E-state index contributed by atoms with van der Waals surface area (Å²) in [4.78, 5) is 28.4. The summed E-state index contributed by atoms with van der Waals surface area (Å²) in [5.74, 6) is -3.52. The summed E-state index contributed by atoms with van der Waals surface area (Å²) < 4.78 is 60.3. The predicted molar refractivity (Wildman–Crippen MR) is 141 cm³/mol. The van der Waals surface area contributed by atoms with Crippen LogP contribution in [0.4, 0.5) is 25.8 Å². The van der Waals surface area contributed by atoms with Crippen LogP contribution in [0.15, 0.2) is 41.3 Å². The molecule has 1 aromatic carbocycles. The quantitative estimate of drug-likeness (QED) is 0.491. The molecule has 1 aromatic heterocycles. The number of benzene rings is 1. The molecule has 38 heavy (non-hydrogen) atoms. The predicted octanol–water partition coefficient (Wildman–Crippen LogP) is 3.84. The summed E-state index contributed by atoms with van der Waals surface area (Å²) in [6, 6.07) is 7.07. The maximum Gasteiger partial charge on any atom is 0.274 e. The number of carbonyl (C=O) groups is 1. The third kappa shape index (κ3) is 5.70. The highest BCUT2D eigenvalue weighted by atomic mass is 32.2. The van der Waals surface area contributed by atoms with E-state index in [9.17, 15) is 26.8 Å². The number of piperidine rings is 1. The van der Waals surface area contributed by atoms with Gasteiger partial charge in [-0.1, -0.05) is 0 Å². The normalized spacial score (nSPS) is 20.1. The Labute approximate surface area is 220 Å². The standard InChI is InChI=1S/C26H32F2N4O5S/c1-37-13-14-38(35,36)30-18-4-5-20(22(15-18)31-11-8-25(6-7-25)9-12-31)23(33)29-21-3-2-10-32(24(21)34)19-16-26(27,28)17-19/h2-5,10,15,19,30H,6-9,11-14,16-17H2,1H3,(H,29,33). The molecule has 5 rings (SSSR count). The number of halogens is 2. The molecular weight excluding hydrogens is 518 g/mol. The van der Waals surface area contributed by atoms with E-state index in [0.717, 1.165) is 25.9 Å². The van der Waals surface area contributed by atoms with Crippen molar-refractivity contribution in [1.82, 2.24) is 4.57 Å². The lowest BCUT2D eigenvalue weighted by atomic mass is 9.88. The largest absolute Gasteiger partial charge is 0.384 e. The highest BCUT2D eigenvalue weighted by Gasteiger charge is 2.47. The van der Waals surface area contributed by atoms with E-state index in [-0.39, 0.29) is 18.0 Å².